The highest BCUT2D eigenvalue weighted by Gasteiger charge is 2.70. The first-order chi connectivity index (χ1) is 16.9. The lowest BCUT2D eigenvalue weighted by Gasteiger charge is -2.61. The van der Waals surface area contributed by atoms with Crippen LogP contribution in [0.1, 0.15) is 93.4 Å². The minimum Gasteiger partial charge on any atom is -0.481 e. The Hall–Kier alpha value is -1.86. The number of allylic oxidation sites excluding steroid dienone is 1. The smallest absolute Gasteiger partial charge is 0.306 e. The van der Waals surface area contributed by atoms with Gasteiger partial charge in [-0.25, -0.2) is 0 Å². The van der Waals surface area contributed by atoms with Gasteiger partial charge in [-0.15, -0.1) is 0 Å². The maximum absolute atomic E-state index is 14.1. The molecule has 0 aromatic heterocycles. The molecule has 0 amide bonds. The lowest BCUT2D eigenvalue weighted by molar-refractivity contribution is -0.144. The highest BCUT2D eigenvalue weighted by Crippen LogP contribution is 2.70. The quantitative estimate of drug-likeness (QED) is 0.484. The Morgan fingerprint density at radius 2 is 1.65 bits per heavy atom. The Bertz CT molecular complexity index is 1070. The molecule has 7 nitrogen and oxygen atoms in total. The third-order valence-corrected chi connectivity index (χ3v) is 11.6. The van der Waals surface area contributed by atoms with Gasteiger partial charge in [0, 0.05) is 31.3 Å². The molecular weight excluding hydrogens is 472 g/mol. The Labute approximate surface area is 220 Å². The molecule has 0 saturated heterocycles. The molecule has 37 heavy (non-hydrogen) atoms. The lowest BCUT2D eigenvalue weighted by Crippen LogP contribution is -2.60. The van der Waals surface area contributed by atoms with Gasteiger partial charge in [0.25, 0.3) is 0 Å². The van der Waals surface area contributed by atoms with Gasteiger partial charge in [0.2, 0.25) is 0 Å². The largest absolute Gasteiger partial charge is 0.481 e. The third-order valence-electron chi connectivity index (χ3n) is 11.6. The molecule has 0 unspecified atom stereocenters. The van der Waals surface area contributed by atoms with E-state index < -0.39 is 45.8 Å². The summed E-state index contributed by atoms with van der Waals surface area (Å²) in [5.41, 5.74) is -1.55. The van der Waals surface area contributed by atoms with E-state index in [0.717, 1.165) is 0 Å². The van der Waals surface area contributed by atoms with Gasteiger partial charge in [-0.2, -0.15) is 0 Å². The Morgan fingerprint density at radius 1 is 1.03 bits per heavy atom. The predicted molar refractivity (Wildman–Crippen MR) is 137 cm³/mol. The molecule has 2 saturated carbocycles. The SMILES string of the molecule is C[C@H](CC(=O)C[C@@H](C)[C@H]1CC(=O)[C@@]2(C)C3=C(C(=O)C[C@]12C)[C@@]1(C)CC[C@H](O)C(C)(C)[C@H]1C[C@@H]3O)C(=O)O. The van der Waals surface area contributed by atoms with Crippen LogP contribution in [0.4, 0.5) is 0 Å². The van der Waals surface area contributed by atoms with Gasteiger partial charge in [0.1, 0.15) is 11.6 Å². The maximum Gasteiger partial charge on any atom is 0.306 e. The second-order valence-electron chi connectivity index (χ2n) is 13.9. The van der Waals surface area contributed by atoms with Gasteiger partial charge in [-0.1, -0.05) is 41.5 Å². The van der Waals surface area contributed by atoms with E-state index in [4.69, 9.17) is 0 Å². The summed E-state index contributed by atoms with van der Waals surface area (Å²) in [5, 5.41) is 31.6. The molecule has 206 valence electrons. The number of hydrogen-bond donors (Lipinski definition) is 3. The fraction of sp³-hybridized carbons (Fsp3) is 0.800. The van der Waals surface area contributed by atoms with Crippen molar-refractivity contribution in [1.29, 1.82) is 0 Å². The van der Waals surface area contributed by atoms with E-state index in [1.807, 2.05) is 34.6 Å². The van der Waals surface area contributed by atoms with Crippen molar-refractivity contribution in [3.05, 3.63) is 11.1 Å². The minimum atomic E-state index is -1.01. The molecule has 4 aliphatic carbocycles. The van der Waals surface area contributed by atoms with Crippen molar-refractivity contribution in [1.82, 2.24) is 0 Å². The second kappa shape index (κ2) is 8.84. The number of hydrogen-bond acceptors (Lipinski definition) is 6. The first kappa shape index (κ1) is 28.2. The second-order valence-corrected chi connectivity index (χ2v) is 13.9. The molecular formula is C30H44O7. The number of fused-ring (bicyclic) bond motifs is 4. The summed E-state index contributed by atoms with van der Waals surface area (Å²) in [6.07, 6.45) is 0.671. The fourth-order valence-corrected chi connectivity index (χ4v) is 9.12. The number of rotatable bonds is 6. The zero-order valence-corrected chi connectivity index (χ0v) is 23.4. The average Bonchev–Trinajstić information content (AvgIpc) is 2.99. The zero-order valence-electron chi connectivity index (χ0n) is 23.4. The topological polar surface area (TPSA) is 129 Å². The number of Topliss-reactive ketones (excluding diaryl/α,β-unsaturated/α-hetero) is 3. The number of carbonyl (C=O) groups excluding carboxylic acids is 3. The summed E-state index contributed by atoms with van der Waals surface area (Å²) in [5.74, 6) is -2.45. The number of aliphatic hydroxyl groups is 2. The molecule has 0 heterocycles. The van der Waals surface area contributed by atoms with Crippen molar-refractivity contribution < 1.29 is 34.5 Å². The number of aliphatic hydroxyl groups excluding tert-OH is 2. The van der Waals surface area contributed by atoms with Crippen molar-refractivity contribution in [3.8, 4) is 0 Å². The molecule has 0 bridgehead atoms. The van der Waals surface area contributed by atoms with E-state index in [2.05, 4.69) is 6.92 Å². The van der Waals surface area contributed by atoms with Crippen LogP contribution < -0.4 is 0 Å². The number of carboxylic acid groups (broad SMARTS) is 1. The molecule has 0 aromatic carbocycles. The van der Waals surface area contributed by atoms with Crippen LogP contribution in [0, 0.1) is 45.3 Å². The molecule has 0 spiro atoms. The van der Waals surface area contributed by atoms with Gasteiger partial charge < -0.3 is 15.3 Å². The number of aliphatic carboxylic acids is 1. The summed E-state index contributed by atoms with van der Waals surface area (Å²) in [6, 6.07) is 0. The van der Waals surface area contributed by atoms with Gasteiger partial charge in [0.15, 0.2) is 5.78 Å². The van der Waals surface area contributed by atoms with Crippen LogP contribution in [-0.2, 0) is 19.2 Å². The molecule has 0 aromatic rings. The fourth-order valence-electron chi connectivity index (χ4n) is 9.12. The highest BCUT2D eigenvalue weighted by atomic mass is 16.4. The Kier molecular flexibility index (Phi) is 6.72. The summed E-state index contributed by atoms with van der Waals surface area (Å²) >= 11 is 0. The molecule has 0 radical (unpaired) electrons. The van der Waals surface area contributed by atoms with Crippen molar-refractivity contribution in [3.63, 3.8) is 0 Å². The molecule has 9 atom stereocenters. The maximum atomic E-state index is 14.1. The highest BCUT2D eigenvalue weighted by molar-refractivity contribution is 6.05. The van der Waals surface area contributed by atoms with Crippen LogP contribution in [0.5, 0.6) is 0 Å². The third kappa shape index (κ3) is 3.82. The standard InChI is InChI=1S/C30H44O7/c1-15(10-17(31)11-16(2)26(36)37)18-12-23(35)30(7)25-19(32)13-21-27(3,4)22(34)8-9-28(21,5)24(25)20(33)14-29(18,30)6/h15-16,18-19,21-22,32,34H,8-14H2,1-7H3,(H,36,37)/t15-,16-,18-,19+,21-,22+,28+,29-,30+/m1/s1. The van der Waals surface area contributed by atoms with Gasteiger partial charge >= 0.3 is 5.97 Å². The first-order valence-corrected chi connectivity index (χ1v) is 13.8. The molecule has 3 N–H and O–H groups in total. The first-order valence-electron chi connectivity index (χ1n) is 13.8. The molecule has 0 aliphatic heterocycles. The van der Waals surface area contributed by atoms with E-state index in [9.17, 15) is 34.5 Å². The summed E-state index contributed by atoms with van der Waals surface area (Å²) in [4.78, 5) is 51.9. The Balaban J connectivity index is 1.74. The summed E-state index contributed by atoms with van der Waals surface area (Å²) in [7, 11) is 0. The van der Waals surface area contributed by atoms with Gasteiger partial charge in [-0.05, 0) is 65.8 Å². The van der Waals surface area contributed by atoms with Crippen LogP contribution in [0.3, 0.4) is 0 Å². The Morgan fingerprint density at radius 3 is 2.24 bits per heavy atom. The molecule has 7 heteroatoms. The van der Waals surface area contributed by atoms with Crippen molar-refractivity contribution in [2.24, 2.45) is 45.3 Å². The molecule has 4 rings (SSSR count). The van der Waals surface area contributed by atoms with Crippen molar-refractivity contribution in [2.75, 3.05) is 0 Å². The van der Waals surface area contributed by atoms with E-state index in [1.54, 1.807) is 0 Å². The van der Waals surface area contributed by atoms with Gasteiger partial charge in [-0.3, -0.25) is 19.2 Å². The van der Waals surface area contributed by atoms with Gasteiger partial charge in [0.05, 0.1) is 23.5 Å². The summed E-state index contributed by atoms with van der Waals surface area (Å²) < 4.78 is 0. The van der Waals surface area contributed by atoms with Crippen molar-refractivity contribution in [2.45, 2.75) is 106 Å². The van der Waals surface area contributed by atoms with Crippen molar-refractivity contribution >= 4 is 23.3 Å². The van der Waals surface area contributed by atoms with E-state index in [-0.39, 0.29) is 60.8 Å². The average molecular weight is 517 g/mol. The van der Waals surface area contributed by atoms with Crippen LogP contribution in [0.15, 0.2) is 11.1 Å². The van der Waals surface area contributed by atoms with Crippen LogP contribution >= 0.6 is 0 Å². The van der Waals surface area contributed by atoms with Crippen LogP contribution in [0.2, 0.25) is 0 Å². The number of ketones is 3. The lowest BCUT2D eigenvalue weighted by atomic mass is 9.42. The van der Waals surface area contributed by atoms with E-state index >= 15 is 0 Å². The minimum absolute atomic E-state index is 0.00871. The van der Waals surface area contributed by atoms with Crippen LogP contribution in [-0.4, -0.2) is 50.8 Å². The van der Waals surface area contributed by atoms with Crippen LogP contribution in [0.25, 0.3) is 0 Å². The van der Waals surface area contributed by atoms with E-state index in [1.165, 1.54) is 6.92 Å². The molecule has 4 aliphatic rings. The normalized spacial score (nSPS) is 42.5. The molecule has 2 fully saturated rings. The number of carbonyl (C=O) groups is 4. The zero-order chi connectivity index (χ0) is 27.9. The summed E-state index contributed by atoms with van der Waals surface area (Å²) in [6.45, 7) is 13.4. The monoisotopic (exact) mass is 516 g/mol. The van der Waals surface area contributed by atoms with E-state index in [0.29, 0.717) is 30.4 Å². The predicted octanol–water partition coefficient (Wildman–Crippen LogP) is 4.13. The number of carboxylic acids is 1.